The maximum atomic E-state index is 12.7. The van der Waals surface area contributed by atoms with Gasteiger partial charge in [0.1, 0.15) is 5.69 Å². The SMILES string of the molecule is COC[C@H]1CCC[C@]12CN(C(=O)c1cccc(C)n1)CCO2. The number of nitrogens with zero attached hydrogens (tertiary/aromatic N) is 2. The van der Waals surface area contributed by atoms with E-state index in [0.29, 0.717) is 37.9 Å². The minimum absolute atomic E-state index is 0.00874. The number of hydrogen-bond donors (Lipinski definition) is 0. The summed E-state index contributed by atoms with van der Waals surface area (Å²) in [5.74, 6) is 0.382. The molecule has 0 bridgehead atoms. The molecular formula is C17H24N2O3. The van der Waals surface area contributed by atoms with Gasteiger partial charge in [0, 0.05) is 25.3 Å². The van der Waals surface area contributed by atoms with Gasteiger partial charge in [-0.1, -0.05) is 12.5 Å². The molecule has 1 saturated heterocycles. The van der Waals surface area contributed by atoms with Crippen molar-refractivity contribution >= 4 is 5.91 Å². The fourth-order valence-corrected chi connectivity index (χ4v) is 3.75. The summed E-state index contributed by atoms with van der Waals surface area (Å²) in [5.41, 5.74) is 1.17. The summed E-state index contributed by atoms with van der Waals surface area (Å²) in [5, 5.41) is 0. The van der Waals surface area contributed by atoms with Gasteiger partial charge in [-0.3, -0.25) is 4.79 Å². The lowest BCUT2D eigenvalue weighted by Gasteiger charge is -2.43. The van der Waals surface area contributed by atoms with Crippen molar-refractivity contribution in [2.24, 2.45) is 5.92 Å². The first-order chi connectivity index (χ1) is 10.6. The maximum absolute atomic E-state index is 12.7. The fraction of sp³-hybridized carbons (Fsp3) is 0.647. The summed E-state index contributed by atoms with van der Waals surface area (Å²) >= 11 is 0. The van der Waals surface area contributed by atoms with E-state index in [4.69, 9.17) is 9.47 Å². The number of pyridine rings is 1. The van der Waals surface area contributed by atoms with Gasteiger partial charge in [-0.2, -0.15) is 0 Å². The highest BCUT2D eigenvalue weighted by Gasteiger charge is 2.47. The van der Waals surface area contributed by atoms with Crippen LogP contribution in [0.1, 0.15) is 35.4 Å². The summed E-state index contributed by atoms with van der Waals surface area (Å²) in [7, 11) is 1.73. The van der Waals surface area contributed by atoms with Crippen LogP contribution in [0.2, 0.25) is 0 Å². The highest BCUT2D eigenvalue weighted by Crippen LogP contribution is 2.41. The quantitative estimate of drug-likeness (QED) is 0.857. The van der Waals surface area contributed by atoms with Crippen LogP contribution in [0.15, 0.2) is 18.2 Å². The van der Waals surface area contributed by atoms with Gasteiger partial charge < -0.3 is 14.4 Å². The Morgan fingerprint density at radius 3 is 3.18 bits per heavy atom. The Balaban J connectivity index is 1.76. The molecule has 5 heteroatoms. The van der Waals surface area contributed by atoms with Crippen LogP contribution in [0.5, 0.6) is 0 Å². The number of morpholine rings is 1. The molecule has 22 heavy (non-hydrogen) atoms. The van der Waals surface area contributed by atoms with Gasteiger partial charge in [0.05, 0.1) is 25.4 Å². The number of rotatable bonds is 3. The fourth-order valence-electron chi connectivity index (χ4n) is 3.75. The highest BCUT2D eigenvalue weighted by molar-refractivity contribution is 5.92. The van der Waals surface area contributed by atoms with Crippen LogP contribution < -0.4 is 0 Å². The Hall–Kier alpha value is -1.46. The third-order valence-corrected chi connectivity index (χ3v) is 4.87. The number of hydrogen-bond acceptors (Lipinski definition) is 4. The van der Waals surface area contributed by atoms with Gasteiger partial charge in [-0.15, -0.1) is 0 Å². The van der Waals surface area contributed by atoms with E-state index < -0.39 is 0 Å². The van der Waals surface area contributed by atoms with Crippen molar-refractivity contribution in [2.75, 3.05) is 33.4 Å². The molecule has 1 aromatic heterocycles. The molecule has 0 radical (unpaired) electrons. The standard InChI is InChI=1S/C17H24N2O3/c1-13-5-3-7-15(18-13)16(20)19-9-10-22-17(12-19)8-4-6-14(17)11-21-2/h3,5,7,14H,4,6,8-12H2,1-2H3/t14-,17+/m1/s1. The first-order valence-corrected chi connectivity index (χ1v) is 8.00. The third-order valence-electron chi connectivity index (χ3n) is 4.87. The van der Waals surface area contributed by atoms with Crippen LogP contribution >= 0.6 is 0 Å². The number of aryl methyl sites for hydroxylation is 1. The predicted molar refractivity (Wildman–Crippen MR) is 82.8 cm³/mol. The molecule has 1 aliphatic heterocycles. The van der Waals surface area contributed by atoms with Gasteiger partial charge in [-0.05, 0) is 31.9 Å². The van der Waals surface area contributed by atoms with Crippen molar-refractivity contribution in [3.05, 3.63) is 29.6 Å². The molecule has 1 amide bonds. The minimum Gasteiger partial charge on any atom is -0.384 e. The van der Waals surface area contributed by atoms with Gasteiger partial charge in [0.25, 0.3) is 5.91 Å². The third kappa shape index (κ3) is 2.88. The molecule has 3 rings (SSSR count). The highest BCUT2D eigenvalue weighted by atomic mass is 16.5. The first-order valence-electron chi connectivity index (χ1n) is 8.00. The Labute approximate surface area is 131 Å². The Bertz CT molecular complexity index is 548. The van der Waals surface area contributed by atoms with Crippen LogP contribution in [0.3, 0.4) is 0 Å². The lowest BCUT2D eigenvalue weighted by molar-refractivity contribution is -0.131. The molecule has 0 N–H and O–H groups in total. The van der Waals surface area contributed by atoms with Crippen molar-refractivity contribution < 1.29 is 14.3 Å². The molecule has 0 unspecified atom stereocenters. The number of carbonyl (C=O) groups excluding carboxylic acids is 1. The molecule has 1 spiro atoms. The van der Waals surface area contributed by atoms with Crippen molar-refractivity contribution in [2.45, 2.75) is 31.8 Å². The number of amides is 1. The second-order valence-corrected chi connectivity index (χ2v) is 6.35. The molecule has 2 heterocycles. The topological polar surface area (TPSA) is 51.7 Å². The largest absolute Gasteiger partial charge is 0.384 e. The van der Waals surface area contributed by atoms with Gasteiger partial charge in [0.15, 0.2) is 0 Å². The van der Waals surface area contributed by atoms with E-state index in [1.165, 1.54) is 0 Å². The number of aromatic nitrogens is 1. The molecular weight excluding hydrogens is 280 g/mol. The van der Waals surface area contributed by atoms with Crippen LogP contribution in [-0.4, -0.2) is 54.8 Å². The average Bonchev–Trinajstić information content (AvgIpc) is 2.89. The zero-order chi connectivity index (χ0) is 15.6. The zero-order valence-corrected chi connectivity index (χ0v) is 13.4. The molecule has 1 saturated carbocycles. The van der Waals surface area contributed by atoms with E-state index in [9.17, 15) is 4.79 Å². The average molecular weight is 304 g/mol. The Morgan fingerprint density at radius 2 is 2.41 bits per heavy atom. The van der Waals surface area contributed by atoms with Crippen LogP contribution in [-0.2, 0) is 9.47 Å². The van der Waals surface area contributed by atoms with Crippen LogP contribution in [0.4, 0.5) is 0 Å². The van der Waals surface area contributed by atoms with E-state index in [1.807, 2.05) is 24.0 Å². The van der Waals surface area contributed by atoms with Crippen LogP contribution in [0.25, 0.3) is 0 Å². The monoisotopic (exact) mass is 304 g/mol. The molecule has 1 aromatic rings. The predicted octanol–water partition coefficient (Wildman–Crippen LogP) is 2.05. The lowest BCUT2D eigenvalue weighted by atomic mass is 9.89. The van der Waals surface area contributed by atoms with Crippen LogP contribution in [0, 0.1) is 12.8 Å². The number of carbonyl (C=O) groups is 1. The Kier molecular flexibility index (Phi) is 4.45. The van der Waals surface area contributed by atoms with Crippen molar-refractivity contribution in [1.82, 2.24) is 9.88 Å². The first kappa shape index (κ1) is 15.4. The van der Waals surface area contributed by atoms with Crippen molar-refractivity contribution in [1.29, 1.82) is 0 Å². The summed E-state index contributed by atoms with van der Waals surface area (Å²) in [6.07, 6.45) is 3.25. The van der Waals surface area contributed by atoms with Gasteiger partial charge in [0.2, 0.25) is 0 Å². The second kappa shape index (κ2) is 6.34. The summed E-state index contributed by atoms with van der Waals surface area (Å²) in [6.45, 7) is 4.48. The van der Waals surface area contributed by atoms with E-state index in [2.05, 4.69) is 4.98 Å². The normalized spacial score (nSPS) is 28.3. The van der Waals surface area contributed by atoms with Crippen molar-refractivity contribution in [3.63, 3.8) is 0 Å². The molecule has 120 valence electrons. The Morgan fingerprint density at radius 1 is 1.55 bits per heavy atom. The zero-order valence-electron chi connectivity index (χ0n) is 13.4. The smallest absolute Gasteiger partial charge is 0.272 e. The van der Waals surface area contributed by atoms with E-state index in [-0.39, 0.29) is 11.5 Å². The summed E-state index contributed by atoms with van der Waals surface area (Å²) in [6, 6.07) is 5.58. The molecule has 1 aliphatic carbocycles. The van der Waals surface area contributed by atoms with E-state index in [0.717, 1.165) is 25.0 Å². The number of methoxy groups -OCH3 is 1. The molecule has 2 atom stereocenters. The maximum Gasteiger partial charge on any atom is 0.272 e. The van der Waals surface area contributed by atoms with Gasteiger partial charge in [-0.25, -0.2) is 4.98 Å². The van der Waals surface area contributed by atoms with E-state index >= 15 is 0 Å². The lowest BCUT2D eigenvalue weighted by Crippen LogP contribution is -2.56. The van der Waals surface area contributed by atoms with Gasteiger partial charge >= 0.3 is 0 Å². The minimum atomic E-state index is -0.228. The summed E-state index contributed by atoms with van der Waals surface area (Å²) in [4.78, 5) is 19.0. The number of ether oxygens (including phenoxy) is 2. The molecule has 2 aliphatic rings. The molecule has 0 aromatic carbocycles. The summed E-state index contributed by atoms with van der Waals surface area (Å²) < 4.78 is 11.5. The molecule has 5 nitrogen and oxygen atoms in total. The van der Waals surface area contributed by atoms with E-state index in [1.54, 1.807) is 13.2 Å². The van der Waals surface area contributed by atoms with Crippen molar-refractivity contribution in [3.8, 4) is 0 Å². The second-order valence-electron chi connectivity index (χ2n) is 6.35. The molecule has 2 fully saturated rings.